The van der Waals surface area contributed by atoms with Gasteiger partial charge < -0.3 is 14.6 Å². The Balaban J connectivity index is 3.99. The summed E-state index contributed by atoms with van der Waals surface area (Å²) >= 11 is 0. The van der Waals surface area contributed by atoms with Gasteiger partial charge in [-0.3, -0.25) is 9.59 Å². The van der Waals surface area contributed by atoms with Gasteiger partial charge in [-0.05, 0) is 20.3 Å². The van der Waals surface area contributed by atoms with Gasteiger partial charge in [-0.15, -0.1) is 0 Å². The molecule has 0 aromatic carbocycles. The van der Waals surface area contributed by atoms with E-state index in [4.69, 9.17) is 9.47 Å². The van der Waals surface area contributed by atoms with Crippen molar-refractivity contribution in [3.63, 3.8) is 0 Å². The zero-order valence-electron chi connectivity index (χ0n) is 9.91. The van der Waals surface area contributed by atoms with Gasteiger partial charge in [0.1, 0.15) is 6.61 Å². The maximum Gasteiger partial charge on any atom is 0.306 e. The first kappa shape index (κ1) is 14.6. The van der Waals surface area contributed by atoms with Gasteiger partial charge in [-0.25, -0.2) is 0 Å². The van der Waals surface area contributed by atoms with Gasteiger partial charge in [0.25, 0.3) is 0 Å². The van der Waals surface area contributed by atoms with Gasteiger partial charge in [0.15, 0.2) is 5.78 Å². The first-order valence-electron chi connectivity index (χ1n) is 5.03. The lowest BCUT2D eigenvalue weighted by Gasteiger charge is -2.06. The number of methoxy groups -OCH3 is 1. The fraction of sp³-hybridized carbons (Fsp3) is 0.636. The van der Waals surface area contributed by atoms with Gasteiger partial charge in [0.05, 0.1) is 12.4 Å². The summed E-state index contributed by atoms with van der Waals surface area (Å²) in [6.07, 6.45) is 0.278. The summed E-state index contributed by atoms with van der Waals surface area (Å²) in [5.41, 5.74) is 0.267. The fourth-order valence-corrected chi connectivity index (χ4v) is 1.15. The second-order valence-electron chi connectivity index (χ2n) is 3.33. The molecule has 0 fully saturated rings. The zero-order valence-corrected chi connectivity index (χ0v) is 9.91. The molecule has 0 aliphatic heterocycles. The molecular formula is C11H18O5. The Kier molecular flexibility index (Phi) is 7.20. The van der Waals surface area contributed by atoms with E-state index in [0.717, 1.165) is 0 Å². The summed E-state index contributed by atoms with van der Waals surface area (Å²) in [4.78, 5) is 22.2. The maximum absolute atomic E-state index is 11.2. The third kappa shape index (κ3) is 6.19. The second kappa shape index (κ2) is 7.87. The molecule has 0 aromatic rings. The van der Waals surface area contributed by atoms with Crippen LogP contribution in [0.5, 0.6) is 0 Å². The molecule has 0 aromatic heterocycles. The van der Waals surface area contributed by atoms with Crippen molar-refractivity contribution >= 4 is 11.8 Å². The topological polar surface area (TPSA) is 72.8 Å². The summed E-state index contributed by atoms with van der Waals surface area (Å²) in [6.45, 7) is 3.32. The average Bonchev–Trinajstić information content (AvgIpc) is 2.17. The number of esters is 1. The SMILES string of the molecule is COCCOC(=O)CC/C(C(C)=O)=C(/C)O. The Bertz CT molecular complexity index is 276. The first-order chi connectivity index (χ1) is 7.49. The van der Waals surface area contributed by atoms with Crippen molar-refractivity contribution in [2.75, 3.05) is 20.3 Å². The summed E-state index contributed by atoms with van der Waals surface area (Å²) in [7, 11) is 1.51. The third-order valence-corrected chi connectivity index (χ3v) is 1.99. The largest absolute Gasteiger partial charge is 0.512 e. The van der Waals surface area contributed by atoms with Crippen LogP contribution in [0.15, 0.2) is 11.3 Å². The molecule has 0 saturated heterocycles. The van der Waals surface area contributed by atoms with Gasteiger partial charge >= 0.3 is 5.97 Å². The highest BCUT2D eigenvalue weighted by molar-refractivity contribution is 5.94. The Morgan fingerprint density at radius 3 is 2.19 bits per heavy atom. The standard InChI is InChI=1S/C11H18O5/c1-8(12)10(9(2)13)4-5-11(14)16-7-6-15-3/h12H,4-7H2,1-3H3/b10-8+. The Morgan fingerprint density at radius 1 is 1.12 bits per heavy atom. The number of allylic oxidation sites excluding steroid dienone is 2. The van der Waals surface area contributed by atoms with Crippen LogP contribution in [0, 0.1) is 0 Å². The van der Waals surface area contributed by atoms with Crippen LogP contribution in [-0.2, 0) is 19.1 Å². The number of aliphatic hydroxyl groups is 1. The first-order valence-corrected chi connectivity index (χ1v) is 5.03. The molecule has 0 amide bonds. The highest BCUT2D eigenvalue weighted by Crippen LogP contribution is 2.11. The van der Waals surface area contributed by atoms with E-state index >= 15 is 0 Å². The summed E-state index contributed by atoms with van der Waals surface area (Å²) < 4.78 is 9.53. The number of rotatable bonds is 7. The normalized spacial score (nSPS) is 11.9. The van der Waals surface area contributed by atoms with Gasteiger partial charge in [0.2, 0.25) is 0 Å². The molecule has 1 N–H and O–H groups in total. The van der Waals surface area contributed by atoms with Crippen molar-refractivity contribution in [1.29, 1.82) is 0 Å². The Labute approximate surface area is 95.0 Å². The van der Waals surface area contributed by atoms with Crippen molar-refractivity contribution in [2.24, 2.45) is 0 Å². The second-order valence-corrected chi connectivity index (χ2v) is 3.33. The van der Waals surface area contributed by atoms with Crippen molar-refractivity contribution in [1.82, 2.24) is 0 Å². The molecule has 0 rings (SSSR count). The van der Waals surface area contributed by atoms with Crippen LogP contribution in [0.1, 0.15) is 26.7 Å². The van der Waals surface area contributed by atoms with E-state index < -0.39 is 5.97 Å². The molecule has 0 radical (unpaired) electrons. The molecule has 0 unspecified atom stereocenters. The predicted octanol–water partition coefficient (Wildman–Crippen LogP) is 1.38. The quantitative estimate of drug-likeness (QED) is 0.309. The van der Waals surface area contributed by atoms with Gasteiger partial charge in [-0.2, -0.15) is 0 Å². The molecule has 0 bridgehead atoms. The van der Waals surface area contributed by atoms with E-state index in [1.165, 1.54) is 21.0 Å². The van der Waals surface area contributed by atoms with Crippen molar-refractivity contribution in [3.8, 4) is 0 Å². The third-order valence-electron chi connectivity index (χ3n) is 1.99. The smallest absolute Gasteiger partial charge is 0.306 e. The number of carbonyl (C=O) groups excluding carboxylic acids is 2. The van der Waals surface area contributed by atoms with E-state index in [1.54, 1.807) is 0 Å². The molecule has 92 valence electrons. The van der Waals surface area contributed by atoms with Crippen LogP contribution in [0.25, 0.3) is 0 Å². The minimum atomic E-state index is -0.406. The summed E-state index contributed by atoms with van der Waals surface area (Å²) in [6, 6.07) is 0. The van der Waals surface area contributed by atoms with Crippen molar-refractivity contribution < 1.29 is 24.2 Å². The number of hydrogen-bond acceptors (Lipinski definition) is 5. The maximum atomic E-state index is 11.2. The number of Topliss-reactive ketones (excluding diaryl/α,β-unsaturated/α-hetero) is 1. The van der Waals surface area contributed by atoms with Crippen LogP contribution >= 0.6 is 0 Å². The summed E-state index contributed by atoms with van der Waals surface area (Å²) in [5.74, 6) is -0.682. The molecule has 0 saturated carbocycles. The molecule has 5 heteroatoms. The number of carbonyl (C=O) groups is 2. The fourth-order valence-electron chi connectivity index (χ4n) is 1.15. The number of ether oxygens (including phenoxy) is 2. The highest BCUT2D eigenvalue weighted by Gasteiger charge is 2.11. The molecule has 0 heterocycles. The number of ketones is 1. The lowest BCUT2D eigenvalue weighted by Crippen LogP contribution is -2.11. The monoisotopic (exact) mass is 230 g/mol. The summed E-state index contributed by atoms with van der Waals surface area (Å²) in [5, 5.41) is 9.20. The lowest BCUT2D eigenvalue weighted by molar-refractivity contribution is -0.144. The molecule has 0 spiro atoms. The molecule has 5 nitrogen and oxygen atoms in total. The van der Waals surface area contributed by atoms with Crippen LogP contribution in [0.4, 0.5) is 0 Å². The van der Waals surface area contributed by atoms with E-state index in [-0.39, 0.29) is 36.6 Å². The number of hydrogen-bond donors (Lipinski definition) is 1. The van der Waals surface area contributed by atoms with E-state index in [9.17, 15) is 14.7 Å². The predicted molar refractivity (Wildman–Crippen MR) is 58.1 cm³/mol. The van der Waals surface area contributed by atoms with Crippen molar-refractivity contribution in [3.05, 3.63) is 11.3 Å². The zero-order chi connectivity index (χ0) is 12.6. The average molecular weight is 230 g/mol. The van der Waals surface area contributed by atoms with Crippen LogP contribution in [0.3, 0.4) is 0 Å². The number of aliphatic hydroxyl groups excluding tert-OH is 1. The Hall–Kier alpha value is -1.36. The van der Waals surface area contributed by atoms with E-state index in [2.05, 4.69) is 0 Å². The van der Waals surface area contributed by atoms with Crippen LogP contribution in [-0.4, -0.2) is 37.2 Å². The van der Waals surface area contributed by atoms with Crippen molar-refractivity contribution in [2.45, 2.75) is 26.7 Å². The van der Waals surface area contributed by atoms with Crippen LogP contribution < -0.4 is 0 Å². The lowest BCUT2D eigenvalue weighted by atomic mass is 10.1. The van der Waals surface area contributed by atoms with Gasteiger partial charge in [-0.1, -0.05) is 0 Å². The molecule has 16 heavy (non-hydrogen) atoms. The molecular weight excluding hydrogens is 212 g/mol. The minimum Gasteiger partial charge on any atom is -0.512 e. The van der Waals surface area contributed by atoms with E-state index in [1.807, 2.05) is 0 Å². The highest BCUT2D eigenvalue weighted by atomic mass is 16.6. The van der Waals surface area contributed by atoms with Crippen LogP contribution in [0.2, 0.25) is 0 Å². The minimum absolute atomic E-state index is 0.0443. The molecule has 0 aliphatic rings. The molecule has 0 atom stereocenters. The Morgan fingerprint density at radius 2 is 1.75 bits per heavy atom. The van der Waals surface area contributed by atoms with Gasteiger partial charge in [0, 0.05) is 19.1 Å². The van der Waals surface area contributed by atoms with E-state index in [0.29, 0.717) is 6.61 Å². The molecule has 0 aliphatic carbocycles.